The summed E-state index contributed by atoms with van der Waals surface area (Å²) in [7, 11) is -1.34. The van der Waals surface area contributed by atoms with Crippen LogP contribution >= 0.6 is 7.60 Å². The highest BCUT2D eigenvalue weighted by molar-refractivity contribution is 7.54. The van der Waals surface area contributed by atoms with Crippen molar-refractivity contribution in [1.82, 2.24) is 0 Å². The van der Waals surface area contributed by atoms with E-state index in [0.717, 1.165) is 20.3 Å². The summed E-state index contributed by atoms with van der Waals surface area (Å²) >= 11 is 0. The van der Waals surface area contributed by atoms with Crippen LogP contribution in [0.25, 0.3) is 0 Å². The first-order chi connectivity index (χ1) is 9.22. The van der Waals surface area contributed by atoms with Gasteiger partial charge in [-0.05, 0) is 11.6 Å². The fraction of sp³-hybridized carbons (Fsp3) is 0.417. The average Bonchev–Trinajstić information content (AvgIpc) is 2.37. The van der Waals surface area contributed by atoms with Crippen molar-refractivity contribution in [3.63, 3.8) is 0 Å². The molecule has 0 bridgehead atoms. The van der Waals surface area contributed by atoms with E-state index in [-0.39, 0.29) is 5.56 Å². The topological polar surface area (TPSA) is 52.6 Å². The number of rotatable bonds is 6. The molecule has 0 aliphatic rings. The fourth-order valence-corrected chi connectivity index (χ4v) is 2.59. The summed E-state index contributed by atoms with van der Waals surface area (Å²) in [6, 6.07) is 4.76. The minimum absolute atomic E-state index is 0.163. The second-order valence-electron chi connectivity index (χ2n) is 4.00. The minimum atomic E-state index is -4.54. The zero-order chi connectivity index (χ0) is 15.4. The number of ketones is 1. The first-order valence-electron chi connectivity index (χ1n) is 5.59. The predicted octanol–water partition coefficient (Wildman–Crippen LogP) is 3.30. The molecular formula is C12H14F3O4P. The molecule has 0 amide bonds. The number of Topliss-reactive ketones (excluding diaryl/α,β-unsaturated/α-hetero) is 1. The molecule has 0 aliphatic heterocycles. The van der Waals surface area contributed by atoms with Gasteiger partial charge in [0.25, 0.3) is 0 Å². The van der Waals surface area contributed by atoms with Gasteiger partial charge in [0.15, 0.2) is 0 Å². The summed E-state index contributed by atoms with van der Waals surface area (Å²) in [5, 5.41) is 0. The van der Waals surface area contributed by atoms with Gasteiger partial charge in [0.2, 0.25) is 0 Å². The second kappa shape index (κ2) is 6.52. The molecule has 4 nitrogen and oxygen atoms in total. The third-order valence-corrected chi connectivity index (χ3v) is 4.49. The van der Waals surface area contributed by atoms with Crippen molar-refractivity contribution in [2.24, 2.45) is 0 Å². The summed E-state index contributed by atoms with van der Waals surface area (Å²) < 4.78 is 59.2. The SMILES string of the molecule is COP(=O)(CC(=O)Cc1ccccc1C(F)(F)F)OC. The molecule has 0 radical (unpaired) electrons. The lowest BCUT2D eigenvalue weighted by Gasteiger charge is -2.14. The quantitative estimate of drug-likeness (QED) is 0.757. The first-order valence-corrected chi connectivity index (χ1v) is 7.32. The zero-order valence-corrected chi connectivity index (χ0v) is 11.8. The largest absolute Gasteiger partial charge is 0.416 e. The van der Waals surface area contributed by atoms with E-state index in [2.05, 4.69) is 9.05 Å². The smallest absolute Gasteiger partial charge is 0.312 e. The van der Waals surface area contributed by atoms with Crippen molar-refractivity contribution < 1.29 is 31.6 Å². The monoisotopic (exact) mass is 310 g/mol. The summed E-state index contributed by atoms with van der Waals surface area (Å²) in [6.07, 6.45) is -5.58. The van der Waals surface area contributed by atoms with Crippen LogP contribution in [0.1, 0.15) is 11.1 Å². The van der Waals surface area contributed by atoms with Crippen LogP contribution in [0.2, 0.25) is 0 Å². The highest BCUT2D eigenvalue weighted by Crippen LogP contribution is 2.46. The van der Waals surface area contributed by atoms with Crippen molar-refractivity contribution in [1.29, 1.82) is 0 Å². The van der Waals surface area contributed by atoms with E-state index in [1.54, 1.807) is 0 Å². The Balaban J connectivity index is 2.90. The van der Waals surface area contributed by atoms with E-state index in [1.807, 2.05) is 0 Å². The van der Waals surface area contributed by atoms with Crippen LogP contribution in [0.4, 0.5) is 13.2 Å². The van der Waals surface area contributed by atoms with Gasteiger partial charge in [-0.25, -0.2) is 0 Å². The molecule has 1 rings (SSSR count). The molecule has 20 heavy (non-hydrogen) atoms. The average molecular weight is 310 g/mol. The molecule has 0 unspecified atom stereocenters. The number of hydrogen-bond donors (Lipinski definition) is 0. The molecule has 0 N–H and O–H groups in total. The van der Waals surface area contributed by atoms with Crippen molar-refractivity contribution in [3.8, 4) is 0 Å². The molecule has 1 aromatic rings. The van der Waals surface area contributed by atoms with Gasteiger partial charge < -0.3 is 9.05 Å². The molecule has 0 spiro atoms. The molecule has 1 aromatic carbocycles. The number of carbonyl (C=O) groups excluding carboxylic acids is 1. The van der Waals surface area contributed by atoms with Crippen LogP contribution < -0.4 is 0 Å². The van der Waals surface area contributed by atoms with E-state index in [0.29, 0.717) is 0 Å². The molecule has 0 aliphatic carbocycles. The molecule has 0 atom stereocenters. The van der Waals surface area contributed by atoms with Gasteiger partial charge in [0.1, 0.15) is 11.9 Å². The highest BCUT2D eigenvalue weighted by Gasteiger charge is 2.34. The number of benzene rings is 1. The maximum atomic E-state index is 12.8. The van der Waals surface area contributed by atoms with Gasteiger partial charge >= 0.3 is 13.8 Å². The Morgan fingerprint density at radius 3 is 2.25 bits per heavy atom. The summed E-state index contributed by atoms with van der Waals surface area (Å²) in [6.45, 7) is 0. The van der Waals surface area contributed by atoms with Gasteiger partial charge in [-0.3, -0.25) is 9.36 Å². The summed E-state index contributed by atoms with van der Waals surface area (Å²) in [5.41, 5.74) is -1.04. The maximum absolute atomic E-state index is 12.8. The standard InChI is InChI=1S/C12H14F3O4P/c1-18-20(17,19-2)8-10(16)7-9-5-3-4-6-11(9)12(13,14)15/h3-6H,7-8H2,1-2H3. The molecule has 0 heterocycles. The molecule has 0 aromatic heterocycles. The molecule has 8 heteroatoms. The second-order valence-corrected chi connectivity index (χ2v) is 6.27. The van der Waals surface area contributed by atoms with Gasteiger partial charge in [-0.15, -0.1) is 0 Å². The van der Waals surface area contributed by atoms with Crippen molar-refractivity contribution in [3.05, 3.63) is 35.4 Å². The molecule has 0 saturated heterocycles. The van der Waals surface area contributed by atoms with Gasteiger partial charge in [0.05, 0.1) is 5.56 Å². The van der Waals surface area contributed by atoms with Crippen LogP contribution in [0, 0.1) is 0 Å². The van der Waals surface area contributed by atoms with E-state index in [9.17, 15) is 22.5 Å². The van der Waals surface area contributed by atoms with Gasteiger partial charge in [0, 0.05) is 20.6 Å². The Morgan fingerprint density at radius 2 is 1.75 bits per heavy atom. The Morgan fingerprint density at radius 1 is 1.20 bits per heavy atom. The van der Waals surface area contributed by atoms with Crippen LogP contribution in [0.15, 0.2) is 24.3 Å². The van der Waals surface area contributed by atoms with Gasteiger partial charge in [-0.1, -0.05) is 18.2 Å². The van der Waals surface area contributed by atoms with Crippen LogP contribution in [-0.4, -0.2) is 26.2 Å². The molecular weight excluding hydrogens is 296 g/mol. The minimum Gasteiger partial charge on any atom is -0.312 e. The van der Waals surface area contributed by atoms with E-state index in [4.69, 9.17) is 0 Å². The third kappa shape index (κ3) is 4.44. The molecule has 0 saturated carbocycles. The third-order valence-electron chi connectivity index (χ3n) is 2.64. The zero-order valence-electron chi connectivity index (χ0n) is 10.9. The van der Waals surface area contributed by atoms with Crippen molar-refractivity contribution in [2.45, 2.75) is 12.6 Å². The summed E-state index contributed by atoms with van der Waals surface area (Å²) in [4.78, 5) is 11.7. The first kappa shape index (κ1) is 16.9. The molecule has 0 fully saturated rings. The number of carbonyl (C=O) groups is 1. The number of hydrogen-bond acceptors (Lipinski definition) is 4. The van der Waals surface area contributed by atoms with Crippen LogP contribution in [0.3, 0.4) is 0 Å². The lowest BCUT2D eigenvalue weighted by molar-refractivity contribution is -0.138. The van der Waals surface area contributed by atoms with E-state index < -0.39 is 37.7 Å². The molecule has 112 valence electrons. The number of halogens is 3. The Kier molecular flexibility index (Phi) is 5.50. The van der Waals surface area contributed by atoms with Crippen LogP contribution in [0.5, 0.6) is 0 Å². The van der Waals surface area contributed by atoms with Crippen LogP contribution in [-0.2, 0) is 31.0 Å². The number of alkyl halides is 3. The fourth-order valence-electron chi connectivity index (χ4n) is 1.64. The maximum Gasteiger partial charge on any atom is 0.416 e. The van der Waals surface area contributed by atoms with E-state index in [1.165, 1.54) is 18.2 Å². The normalized spacial score (nSPS) is 12.4. The van der Waals surface area contributed by atoms with Crippen molar-refractivity contribution >= 4 is 13.4 Å². The Hall–Kier alpha value is -1.17. The summed E-state index contributed by atoms with van der Waals surface area (Å²) in [5.74, 6) is -0.645. The van der Waals surface area contributed by atoms with Gasteiger partial charge in [-0.2, -0.15) is 13.2 Å². The van der Waals surface area contributed by atoms with Crippen molar-refractivity contribution in [2.75, 3.05) is 20.4 Å². The Bertz CT molecular complexity index is 520. The predicted molar refractivity (Wildman–Crippen MR) is 66.6 cm³/mol. The van der Waals surface area contributed by atoms with E-state index >= 15 is 0 Å². The lowest BCUT2D eigenvalue weighted by atomic mass is 10.0. The Labute approximate surface area is 114 Å². The highest BCUT2D eigenvalue weighted by atomic mass is 31.2. The lowest BCUT2D eigenvalue weighted by Crippen LogP contribution is -2.15.